The number of carboxylic acid groups (broad SMARTS) is 1. The van der Waals surface area contributed by atoms with Crippen molar-refractivity contribution in [1.29, 1.82) is 0 Å². The predicted molar refractivity (Wildman–Crippen MR) is 81.6 cm³/mol. The van der Waals surface area contributed by atoms with Gasteiger partial charge in [-0.05, 0) is 42.8 Å². The molecule has 0 saturated heterocycles. The molecule has 0 bridgehead atoms. The van der Waals surface area contributed by atoms with Gasteiger partial charge < -0.3 is 10.0 Å². The molecule has 2 aromatic carbocycles. The van der Waals surface area contributed by atoms with Gasteiger partial charge in [-0.25, -0.2) is 9.18 Å². The third-order valence-electron chi connectivity index (χ3n) is 3.49. The summed E-state index contributed by atoms with van der Waals surface area (Å²) in [5.41, 5.74) is 1.22. The summed E-state index contributed by atoms with van der Waals surface area (Å²) in [4.78, 5) is 12.6. The monoisotopic (exact) mass is 307 g/mol. The summed E-state index contributed by atoms with van der Waals surface area (Å²) < 4.78 is 14.1. The molecule has 2 rings (SSSR count). The highest BCUT2D eigenvalue weighted by Crippen LogP contribution is 2.29. The zero-order chi connectivity index (χ0) is 15.6. The van der Waals surface area contributed by atoms with E-state index < -0.39 is 11.8 Å². The number of carbonyl (C=O) groups is 1. The lowest BCUT2D eigenvalue weighted by Gasteiger charge is -2.28. The highest BCUT2D eigenvalue weighted by Gasteiger charge is 2.17. The summed E-state index contributed by atoms with van der Waals surface area (Å²) in [7, 11) is 1.75. The second kappa shape index (κ2) is 6.14. The molecule has 0 amide bonds. The molecular weight excluding hydrogens is 293 g/mol. The minimum Gasteiger partial charge on any atom is -0.478 e. The fourth-order valence-electron chi connectivity index (χ4n) is 2.12. The Hall–Kier alpha value is -2.07. The molecule has 0 radical (unpaired) electrons. The number of nitrogens with zero attached hydrogens (tertiary/aromatic N) is 1. The fourth-order valence-corrected chi connectivity index (χ4v) is 2.32. The van der Waals surface area contributed by atoms with Gasteiger partial charge in [0.2, 0.25) is 0 Å². The molecule has 0 heterocycles. The number of hydrogen-bond donors (Lipinski definition) is 1. The number of benzene rings is 2. The van der Waals surface area contributed by atoms with Crippen LogP contribution in [0.25, 0.3) is 0 Å². The lowest BCUT2D eigenvalue weighted by Crippen LogP contribution is -2.22. The molecule has 1 unspecified atom stereocenters. The molecule has 0 aliphatic rings. The van der Waals surface area contributed by atoms with Gasteiger partial charge in [-0.2, -0.15) is 0 Å². The second-order valence-corrected chi connectivity index (χ2v) is 5.25. The molecule has 1 atom stereocenters. The Labute approximate surface area is 127 Å². The number of hydrogen-bond acceptors (Lipinski definition) is 2. The van der Waals surface area contributed by atoms with E-state index in [-0.39, 0.29) is 11.6 Å². The molecule has 0 aromatic heterocycles. The first-order chi connectivity index (χ1) is 9.90. The third kappa shape index (κ3) is 3.34. The molecule has 3 nitrogen and oxygen atoms in total. The fraction of sp³-hybridized carbons (Fsp3) is 0.188. The Morgan fingerprint density at radius 1 is 1.29 bits per heavy atom. The average Bonchev–Trinajstić information content (AvgIpc) is 2.45. The van der Waals surface area contributed by atoms with E-state index in [1.54, 1.807) is 18.0 Å². The van der Waals surface area contributed by atoms with Crippen molar-refractivity contribution in [3.8, 4) is 0 Å². The maximum Gasteiger partial charge on any atom is 0.335 e. The standard InChI is InChI=1S/C16H15ClFNO2/c1-10(11-4-3-5-13(17)8-11)19(2)15-7-6-12(16(20)21)9-14(15)18/h3-10H,1-2H3,(H,20,21). The van der Waals surface area contributed by atoms with Crippen LogP contribution in [0.15, 0.2) is 42.5 Å². The SMILES string of the molecule is CC(c1cccc(Cl)c1)N(C)c1ccc(C(=O)O)cc1F. The van der Waals surface area contributed by atoms with Crippen molar-refractivity contribution in [3.05, 3.63) is 64.4 Å². The van der Waals surface area contributed by atoms with Crippen molar-refractivity contribution >= 4 is 23.3 Å². The normalized spacial score (nSPS) is 12.0. The van der Waals surface area contributed by atoms with Crippen LogP contribution in [0.2, 0.25) is 5.02 Å². The summed E-state index contributed by atoms with van der Waals surface area (Å²) >= 11 is 5.97. The van der Waals surface area contributed by atoms with Crippen LogP contribution in [0.3, 0.4) is 0 Å². The topological polar surface area (TPSA) is 40.5 Å². The minimum absolute atomic E-state index is 0.0694. The molecule has 110 valence electrons. The van der Waals surface area contributed by atoms with Gasteiger partial charge in [0.05, 0.1) is 17.3 Å². The van der Waals surface area contributed by atoms with Crippen molar-refractivity contribution in [2.45, 2.75) is 13.0 Å². The van der Waals surface area contributed by atoms with Gasteiger partial charge in [0.25, 0.3) is 0 Å². The summed E-state index contributed by atoms with van der Waals surface area (Å²) in [6, 6.07) is 11.1. The van der Waals surface area contributed by atoms with E-state index in [4.69, 9.17) is 16.7 Å². The van der Waals surface area contributed by atoms with E-state index in [1.165, 1.54) is 12.1 Å². The minimum atomic E-state index is -1.15. The molecule has 0 aliphatic carbocycles. The Kier molecular flexibility index (Phi) is 4.48. The van der Waals surface area contributed by atoms with Crippen LogP contribution in [-0.4, -0.2) is 18.1 Å². The van der Waals surface area contributed by atoms with Gasteiger partial charge in [0.15, 0.2) is 0 Å². The van der Waals surface area contributed by atoms with E-state index in [0.717, 1.165) is 11.6 Å². The summed E-state index contributed by atoms with van der Waals surface area (Å²) in [6.45, 7) is 1.93. The first-order valence-electron chi connectivity index (χ1n) is 6.41. The molecule has 0 saturated carbocycles. The third-order valence-corrected chi connectivity index (χ3v) is 3.72. The Morgan fingerprint density at radius 3 is 2.57 bits per heavy atom. The zero-order valence-electron chi connectivity index (χ0n) is 11.7. The van der Waals surface area contributed by atoms with Gasteiger partial charge in [-0.15, -0.1) is 0 Å². The number of anilines is 1. The highest BCUT2D eigenvalue weighted by molar-refractivity contribution is 6.30. The number of rotatable bonds is 4. The Balaban J connectivity index is 2.31. The number of aromatic carboxylic acids is 1. The van der Waals surface area contributed by atoms with Crippen LogP contribution in [-0.2, 0) is 0 Å². The van der Waals surface area contributed by atoms with Gasteiger partial charge in [-0.1, -0.05) is 23.7 Å². The van der Waals surface area contributed by atoms with Crippen LogP contribution in [0.4, 0.5) is 10.1 Å². The van der Waals surface area contributed by atoms with Crippen molar-refractivity contribution in [1.82, 2.24) is 0 Å². The largest absolute Gasteiger partial charge is 0.478 e. The smallest absolute Gasteiger partial charge is 0.335 e. The molecule has 2 aromatic rings. The molecule has 0 fully saturated rings. The average molecular weight is 308 g/mol. The Morgan fingerprint density at radius 2 is 2.00 bits per heavy atom. The predicted octanol–water partition coefficient (Wildman–Crippen LogP) is 4.37. The van der Waals surface area contributed by atoms with Crippen molar-refractivity contribution in [2.75, 3.05) is 11.9 Å². The molecular formula is C16H15ClFNO2. The Bertz CT molecular complexity index is 675. The van der Waals surface area contributed by atoms with Crippen molar-refractivity contribution in [3.63, 3.8) is 0 Å². The van der Waals surface area contributed by atoms with Crippen molar-refractivity contribution in [2.24, 2.45) is 0 Å². The lowest BCUT2D eigenvalue weighted by atomic mass is 10.1. The van der Waals surface area contributed by atoms with E-state index in [0.29, 0.717) is 10.7 Å². The van der Waals surface area contributed by atoms with E-state index in [1.807, 2.05) is 25.1 Å². The van der Waals surface area contributed by atoms with E-state index >= 15 is 0 Å². The first-order valence-corrected chi connectivity index (χ1v) is 6.79. The highest BCUT2D eigenvalue weighted by atomic mass is 35.5. The van der Waals surface area contributed by atoms with Gasteiger partial charge in [-0.3, -0.25) is 0 Å². The van der Waals surface area contributed by atoms with Gasteiger partial charge in [0.1, 0.15) is 5.82 Å². The molecule has 0 aliphatic heterocycles. The van der Waals surface area contributed by atoms with E-state index in [9.17, 15) is 9.18 Å². The molecule has 1 N–H and O–H groups in total. The van der Waals surface area contributed by atoms with Gasteiger partial charge in [0, 0.05) is 12.1 Å². The van der Waals surface area contributed by atoms with E-state index in [2.05, 4.69) is 0 Å². The quantitative estimate of drug-likeness (QED) is 0.911. The maximum atomic E-state index is 14.1. The van der Waals surface area contributed by atoms with Crippen LogP contribution < -0.4 is 4.90 Å². The lowest BCUT2D eigenvalue weighted by molar-refractivity contribution is 0.0696. The van der Waals surface area contributed by atoms with Gasteiger partial charge >= 0.3 is 5.97 Å². The second-order valence-electron chi connectivity index (χ2n) is 4.81. The number of halogens is 2. The van der Waals surface area contributed by atoms with Crippen LogP contribution in [0.5, 0.6) is 0 Å². The summed E-state index contributed by atoms with van der Waals surface area (Å²) in [6.07, 6.45) is 0. The summed E-state index contributed by atoms with van der Waals surface area (Å²) in [5.74, 6) is -1.71. The number of carboxylic acids is 1. The van der Waals surface area contributed by atoms with Crippen molar-refractivity contribution < 1.29 is 14.3 Å². The van der Waals surface area contributed by atoms with Crippen LogP contribution in [0.1, 0.15) is 28.9 Å². The molecule has 21 heavy (non-hydrogen) atoms. The summed E-state index contributed by atoms with van der Waals surface area (Å²) in [5, 5.41) is 9.48. The van der Waals surface area contributed by atoms with Crippen LogP contribution >= 0.6 is 11.6 Å². The zero-order valence-corrected chi connectivity index (χ0v) is 12.4. The maximum absolute atomic E-state index is 14.1. The van der Waals surface area contributed by atoms with Crippen LogP contribution in [0, 0.1) is 5.82 Å². The molecule has 5 heteroatoms. The molecule has 0 spiro atoms. The first kappa shape index (κ1) is 15.3.